The van der Waals surface area contributed by atoms with Crippen LogP contribution in [-0.4, -0.2) is 30.1 Å². The number of fused-ring (bicyclic) bond motifs is 3. The van der Waals surface area contributed by atoms with Gasteiger partial charge in [-0.1, -0.05) is 18.6 Å². The van der Waals surface area contributed by atoms with E-state index in [4.69, 9.17) is 13.9 Å². The maximum Gasteiger partial charge on any atom is 0.308 e. The summed E-state index contributed by atoms with van der Waals surface area (Å²) in [5.74, 6) is 0.727. The highest BCUT2D eigenvalue weighted by atomic mass is 16.6. The van der Waals surface area contributed by atoms with Gasteiger partial charge >= 0.3 is 5.97 Å². The molecule has 4 fully saturated rings. The maximum atomic E-state index is 14.0. The molecule has 7 atom stereocenters. The third-order valence-corrected chi connectivity index (χ3v) is 10.1. The van der Waals surface area contributed by atoms with Crippen LogP contribution in [0.5, 0.6) is 0 Å². The minimum atomic E-state index is -0.534. The van der Waals surface area contributed by atoms with Gasteiger partial charge in [0, 0.05) is 17.8 Å². The van der Waals surface area contributed by atoms with Crippen molar-refractivity contribution in [2.75, 3.05) is 6.61 Å². The van der Waals surface area contributed by atoms with Crippen molar-refractivity contribution in [3.05, 3.63) is 35.8 Å². The first-order chi connectivity index (χ1) is 14.6. The first-order valence-electron chi connectivity index (χ1n) is 11.7. The van der Waals surface area contributed by atoms with Gasteiger partial charge in [0.15, 0.2) is 0 Å². The topological polar surface area (TPSA) is 65.7 Å². The van der Waals surface area contributed by atoms with Crippen molar-refractivity contribution in [1.29, 1.82) is 0 Å². The smallest absolute Gasteiger partial charge is 0.308 e. The normalized spacial score (nSPS) is 47.7. The molecule has 3 aliphatic carbocycles. The fourth-order valence-corrected chi connectivity index (χ4v) is 8.75. The molecule has 0 bridgehead atoms. The number of Topliss-reactive ketones (excluding diaryl/α,β-unsaturated/α-hetero) is 1. The van der Waals surface area contributed by atoms with E-state index in [0.717, 1.165) is 19.3 Å². The maximum absolute atomic E-state index is 14.0. The summed E-state index contributed by atoms with van der Waals surface area (Å²) < 4.78 is 17.7. The molecule has 5 heteroatoms. The van der Waals surface area contributed by atoms with Crippen molar-refractivity contribution in [3.8, 4) is 0 Å². The van der Waals surface area contributed by atoms with Gasteiger partial charge in [0.2, 0.25) is 0 Å². The molecule has 5 nitrogen and oxygen atoms in total. The lowest BCUT2D eigenvalue weighted by molar-refractivity contribution is -0.186. The molecule has 0 aromatic carbocycles. The molecular weight excluding hydrogens is 392 g/mol. The monoisotopic (exact) mass is 424 g/mol. The number of furan rings is 1. The third-order valence-electron chi connectivity index (χ3n) is 10.1. The Kier molecular flexibility index (Phi) is 3.78. The summed E-state index contributed by atoms with van der Waals surface area (Å²) in [6.07, 6.45) is 9.52. The summed E-state index contributed by atoms with van der Waals surface area (Å²) in [6.45, 7) is 9.09. The molecule has 31 heavy (non-hydrogen) atoms. The number of carbonyl (C=O) groups is 2. The van der Waals surface area contributed by atoms with Gasteiger partial charge in [0.25, 0.3) is 0 Å². The molecule has 2 saturated carbocycles. The highest BCUT2D eigenvalue weighted by molar-refractivity contribution is 5.91. The number of hydrogen-bond acceptors (Lipinski definition) is 5. The summed E-state index contributed by atoms with van der Waals surface area (Å²) in [5.41, 5.74) is 1.23. The molecule has 1 aromatic heterocycles. The molecule has 2 aliphatic heterocycles. The van der Waals surface area contributed by atoms with E-state index >= 15 is 0 Å². The second kappa shape index (κ2) is 5.92. The first kappa shape index (κ1) is 19.8. The molecule has 5 aliphatic rings. The van der Waals surface area contributed by atoms with Crippen molar-refractivity contribution >= 4 is 11.8 Å². The van der Waals surface area contributed by atoms with Crippen molar-refractivity contribution in [3.63, 3.8) is 0 Å². The second-order valence-electron chi connectivity index (χ2n) is 11.5. The molecule has 0 N–H and O–H groups in total. The minimum Gasteiger partial charge on any atom is -0.472 e. The Morgan fingerprint density at radius 3 is 2.61 bits per heavy atom. The molecule has 1 aromatic rings. The molecule has 0 amide bonds. The number of rotatable bonds is 1. The molecule has 2 saturated heterocycles. The van der Waals surface area contributed by atoms with E-state index in [9.17, 15) is 9.59 Å². The predicted octanol–water partition coefficient (Wildman–Crippen LogP) is 4.82. The van der Waals surface area contributed by atoms with Crippen LogP contribution in [0.25, 0.3) is 0 Å². The number of ketones is 1. The zero-order valence-electron chi connectivity index (χ0n) is 18.9. The zero-order chi connectivity index (χ0) is 21.8. The molecular formula is C26H32O5. The van der Waals surface area contributed by atoms with Gasteiger partial charge in [0.05, 0.1) is 36.1 Å². The van der Waals surface area contributed by atoms with Crippen LogP contribution in [0.3, 0.4) is 0 Å². The fourth-order valence-electron chi connectivity index (χ4n) is 8.75. The molecule has 6 rings (SSSR count). The van der Waals surface area contributed by atoms with Gasteiger partial charge in [-0.05, 0) is 68.9 Å². The van der Waals surface area contributed by atoms with E-state index in [1.54, 1.807) is 6.26 Å². The average Bonchev–Trinajstić information content (AvgIpc) is 3.38. The van der Waals surface area contributed by atoms with Crippen molar-refractivity contribution in [2.45, 2.75) is 77.4 Å². The number of hydrogen-bond donors (Lipinski definition) is 0. The van der Waals surface area contributed by atoms with E-state index in [1.807, 2.05) is 6.26 Å². The Hall–Kier alpha value is -1.88. The highest BCUT2D eigenvalue weighted by Gasteiger charge is 2.74. The van der Waals surface area contributed by atoms with Crippen molar-refractivity contribution < 1.29 is 23.5 Å². The summed E-state index contributed by atoms with van der Waals surface area (Å²) >= 11 is 0. The van der Waals surface area contributed by atoms with Gasteiger partial charge < -0.3 is 13.9 Å². The highest BCUT2D eigenvalue weighted by Crippen LogP contribution is 2.73. The van der Waals surface area contributed by atoms with Gasteiger partial charge in [-0.3, -0.25) is 9.59 Å². The van der Waals surface area contributed by atoms with E-state index in [0.29, 0.717) is 31.1 Å². The summed E-state index contributed by atoms with van der Waals surface area (Å²) in [4.78, 5) is 26.2. The van der Waals surface area contributed by atoms with Gasteiger partial charge in [0.1, 0.15) is 12.4 Å². The average molecular weight is 425 g/mol. The van der Waals surface area contributed by atoms with Crippen LogP contribution >= 0.6 is 0 Å². The first-order valence-corrected chi connectivity index (χ1v) is 11.7. The third kappa shape index (κ3) is 2.21. The van der Waals surface area contributed by atoms with E-state index in [2.05, 4.69) is 39.8 Å². The number of esters is 1. The van der Waals surface area contributed by atoms with Crippen LogP contribution in [0, 0.1) is 28.1 Å². The number of cyclic esters (lactones) is 1. The Morgan fingerprint density at radius 2 is 1.87 bits per heavy atom. The van der Waals surface area contributed by atoms with E-state index in [1.165, 1.54) is 11.1 Å². The summed E-state index contributed by atoms with van der Waals surface area (Å²) in [7, 11) is 0. The molecule has 3 heterocycles. The fraction of sp³-hybridized carbons (Fsp3) is 0.692. The molecule has 166 valence electrons. The Balaban J connectivity index is 1.47. The van der Waals surface area contributed by atoms with Gasteiger partial charge in [-0.2, -0.15) is 0 Å². The number of ether oxygens (including phenoxy) is 2. The van der Waals surface area contributed by atoms with E-state index < -0.39 is 11.0 Å². The Morgan fingerprint density at radius 1 is 1.06 bits per heavy atom. The Bertz CT molecular complexity index is 989. The minimum absolute atomic E-state index is 0.0515. The largest absolute Gasteiger partial charge is 0.472 e. The van der Waals surface area contributed by atoms with E-state index in [-0.39, 0.29) is 34.7 Å². The lowest BCUT2D eigenvalue weighted by Crippen LogP contribution is -2.65. The van der Waals surface area contributed by atoms with Crippen LogP contribution in [0.15, 0.2) is 34.7 Å². The molecule has 0 radical (unpaired) electrons. The number of allylic oxidation sites excluding steroid dienone is 2. The van der Waals surface area contributed by atoms with Crippen LogP contribution in [0.2, 0.25) is 0 Å². The lowest BCUT2D eigenvalue weighted by Gasteiger charge is -2.62. The van der Waals surface area contributed by atoms with Gasteiger partial charge in [-0.15, -0.1) is 0 Å². The SMILES string of the molecule is CC1(C)OC2CC(=O)OCC23C1CC(=O)C1(C)C2=CCC(c4ccoc4)C2(C)CCC13. The lowest BCUT2D eigenvalue weighted by atomic mass is 9.40. The van der Waals surface area contributed by atoms with Crippen LogP contribution in [-0.2, 0) is 19.1 Å². The van der Waals surface area contributed by atoms with Crippen LogP contribution in [0.4, 0.5) is 0 Å². The quantitative estimate of drug-likeness (QED) is 0.478. The Labute approximate surface area is 183 Å². The van der Waals surface area contributed by atoms with Crippen LogP contribution in [0.1, 0.15) is 71.3 Å². The predicted molar refractivity (Wildman–Crippen MR) is 113 cm³/mol. The summed E-state index contributed by atoms with van der Waals surface area (Å²) in [6, 6.07) is 2.07. The zero-order valence-corrected chi connectivity index (χ0v) is 18.9. The standard InChI is InChI=1S/C26H32O5/c1-23(2)19-11-20(27)25(4)17-6-5-16(15-8-10-29-13-15)24(17,3)9-7-18(25)26(19)14-30-22(28)12-21(26)31-23/h6,8,10,13,16,18-19,21H,5,7,9,11-12,14H2,1-4H3. The molecule has 1 spiro atoms. The summed E-state index contributed by atoms with van der Waals surface area (Å²) in [5, 5.41) is 0. The van der Waals surface area contributed by atoms with Crippen molar-refractivity contribution in [1.82, 2.24) is 0 Å². The van der Waals surface area contributed by atoms with Gasteiger partial charge in [-0.25, -0.2) is 0 Å². The molecule has 7 unspecified atom stereocenters. The van der Waals surface area contributed by atoms with Crippen molar-refractivity contribution in [2.24, 2.45) is 28.1 Å². The number of carbonyl (C=O) groups excluding carboxylic acids is 2. The second-order valence-corrected chi connectivity index (χ2v) is 11.5. The van der Waals surface area contributed by atoms with Crippen LogP contribution < -0.4 is 0 Å².